The van der Waals surface area contributed by atoms with Gasteiger partial charge in [0.2, 0.25) is 29.5 Å². The zero-order valence-corrected chi connectivity index (χ0v) is 51.1. The number of amides is 5. The lowest BCUT2D eigenvalue weighted by molar-refractivity contribution is -0.367. The molecule has 34 nitrogen and oxygen atoms in total. The van der Waals surface area contributed by atoms with Crippen LogP contribution in [-0.4, -0.2) is 285 Å². The van der Waals surface area contributed by atoms with Crippen LogP contribution < -0.4 is 26.6 Å². The Bertz CT molecular complexity index is 2350. The molecule has 0 aromatic heterocycles. The Hall–Kier alpha value is -3.84. The monoisotopic (exact) mass is 1310 g/mol. The van der Waals surface area contributed by atoms with Gasteiger partial charge in [-0.2, -0.15) is 8.42 Å². The maximum atomic E-state index is 13.4. The van der Waals surface area contributed by atoms with Gasteiger partial charge in [-0.25, -0.2) is 4.18 Å². The van der Waals surface area contributed by atoms with Gasteiger partial charge < -0.3 is 125 Å². The number of nitrogens with one attached hydrogen (secondary N) is 5. The van der Waals surface area contributed by atoms with Gasteiger partial charge >= 0.3 is 10.4 Å². The maximum Gasteiger partial charge on any atom is 0.397 e. The summed E-state index contributed by atoms with van der Waals surface area (Å²) < 4.78 is 90.5. The highest BCUT2D eigenvalue weighted by Gasteiger charge is 2.58. The van der Waals surface area contributed by atoms with E-state index in [0.29, 0.717) is 6.42 Å². The molecule has 0 aromatic carbocycles. The Morgan fingerprint density at radius 2 is 0.764 bits per heavy atom. The number of hydrogen-bond donors (Lipinski definition) is 17. The van der Waals surface area contributed by atoms with Crippen molar-refractivity contribution in [3.8, 4) is 0 Å². The maximum absolute atomic E-state index is 13.4. The lowest BCUT2D eigenvalue weighted by atomic mass is 9.93. The van der Waals surface area contributed by atoms with E-state index in [-0.39, 0.29) is 6.42 Å². The fraction of sp³-hybridized carbons (Fsp3) is 0.870. The van der Waals surface area contributed by atoms with Crippen molar-refractivity contribution in [1.29, 1.82) is 0 Å². The number of unbranched alkanes of at least 4 members (excludes halogenated alkanes) is 9. The standard InChI is InChI=1S/C54H93N5O29S/c1-6-7-8-9-10-11-12-13-14-15-16-17-18-19-34(68)59-36-41(70)40(69)29(20-60)81-51(36)85-46-30(21-61)82-52(37(43(46)72)56-26(3)65)86-47-31(22-62)83-53(38(44(47)73)57-27(4)66)87-48-32(23-63)84-54(39(45(48)74)58-28(5)67)88-49-33(24-79-89(76,77)78)80-50(75)35(42(49)71)55-25(2)64/h11-12,29-33,35-54,60-63,69-75H,6-10,13-24H2,1-5H3,(H,55,64)(H,56,65)(H,57,66)(H,58,67)(H,59,68)(H,76,77,78)/b12-11-/t29?,30?,31?,32?,33?,35?,36?,37?,38?,39?,40-,41?,42?,43?,44?,45?,46-,47-,48-,49-,50-,51+,52+,53+,54+/m1/s1. The fourth-order valence-corrected chi connectivity index (χ4v) is 11.5. The number of aliphatic hydroxyl groups excluding tert-OH is 11. The molecule has 5 heterocycles. The fourth-order valence-electron chi connectivity index (χ4n) is 11.2. The quantitative estimate of drug-likeness (QED) is 0.0165. The van der Waals surface area contributed by atoms with E-state index in [9.17, 15) is 93.1 Å². The molecule has 35 heteroatoms. The Kier molecular flexibility index (Phi) is 31.2. The Labute approximate surface area is 515 Å². The molecule has 0 saturated carbocycles. The van der Waals surface area contributed by atoms with Gasteiger partial charge in [-0.3, -0.25) is 28.5 Å². The summed E-state index contributed by atoms with van der Waals surface area (Å²) in [5, 5.41) is 135. The van der Waals surface area contributed by atoms with E-state index < -0.39 is 226 Å². The molecule has 514 valence electrons. The molecule has 5 aliphatic heterocycles. The van der Waals surface area contributed by atoms with Crippen LogP contribution in [0.3, 0.4) is 0 Å². The molecule has 0 aromatic rings. The summed E-state index contributed by atoms with van der Waals surface area (Å²) in [5.74, 6) is -3.87. The van der Waals surface area contributed by atoms with Gasteiger partial charge in [-0.15, -0.1) is 0 Å². The molecule has 5 rings (SSSR count). The molecule has 89 heavy (non-hydrogen) atoms. The molecule has 25 atom stereocenters. The Morgan fingerprint density at radius 3 is 1.15 bits per heavy atom. The number of carbonyl (C=O) groups is 5. The first-order valence-electron chi connectivity index (χ1n) is 29.9. The summed E-state index contributed by atoms with van der Waals surface area (Å²) in [7, 11) is -5.19. The summed E-state index contributed by atoms with van der Waals surface area (Å²) in [6, 6.07) is -8.53. The van der Waals surface area contributed by atoms with Gasteiger partial charge in [0, 0.05) is 34.1 Å². The van der Waals surface area contributed by atoms with Crippen molar-refractivity contribution in [3.63, 3.8) is 0 Å². The lowest BCUT2D eigenvalue weighted by Gasteiger charge is -2.51. The van der Waals surface area contributed by atoms with E-state index in [0.717, 1.165) is 66.2 Å². The van der Waals surface area contributed by atoms with Crippen molar-refractivity contribution in [2.24, 2.45) is 0 Å². The second-order valence-corrected chi connectivity index (χ2v) is 23.7. The highest BCUT2D eigenvalue weighted by molar-refractivity contribution is 7.80. The van der Waals surface area contributed by atoms with Gasteiger partial charge in [0.25, 0.3) is 0 Å². The van der Waals surface area contributed by atoms with Gasteiger partial charge in [0.1, 0.15) is 122 Å². The first kappa shape index (κ1) is 75.9. The predicted octanol–water partition coefficient (Wildman–Crippen LogP) is -6.14. The molecule has 0 radical (unpaired) electrons. The van der Waals surface area contributed by atoms with Gasteiger partial charge in [0.05, 0.1) is 33.0 Å². The number of ether oxygens (including phenoxy) is 9. The van der Waals surface area contributed by atoms with E-state index in [1.807, 2.05) is 0 Å². The van der Waals surface area contributed by atoms with E-state index in [4.69, 9.17) is 42.6 Å². The minimum Gasteiger partial charge on any atom is -0.394 e. The van der Waals surface area contributed by atoms with E-state index in [2.05, 4.69) is 49.8 Å². The smallest absolute Gasteiger partial charge is 0.394 e. The number of carbonyl (C=O) groups excluding carboxylic acids is 5. The summed E-state index contributed by atoms with van der Waals surface area (Å²) in [5.41, 5.74) is 0. The van der Waals surface area contributed by atoms with Gasteiger partial charge in [0.15, 0.2) is 31.5 Å². The van der Waals surface area contributed by atoms with Crippen LogP contribution in [0.2, 0.25) is 0 Å². The summed E-state index contributed by atoms with van der Waals surface area (Å²) in [6.07, 6.45) is -21.9. The third-order valence-electron chi connectivity index (χ3n) is 15.7. The van der Waals surface area contributed by atoms with Crippen LogP contribution in [0.4, 0.5) is 0 Å². The number of allylic oxidation sites excluding steroid dienone is 2. The minimum atomic E-state index is -5.19. The van der Waals surface area contributed by atoms with Crippen LogP contribution in [0.15, 0.2) is 12.2 Å². The van der Waals surface area contributed by atoms with Crippen LogP contribution >= 0.6 is 0 Å². The van der Waals surface area contributed by atoms with E-state index in [1.165, 1.54) is 25.7 Å². The minimum absolute atomic E-state index is 0.00691. The lowest BCUT2D eigenvalue weighted by Crippen LogP contribution is -2.72. The van der Waals surface area contributed by atoms with Crippen molar-refractivity contribution >= 4 is 39.9 Å². The van der Waals surface area contributed by atoms with E-state index >= 15 is 0 Å². The third kappa shape index (κ3) is 21.9. The molecule has 0 spiro atoms. The SMILES string of the molecule is CCCCCC/C=C\CCCCCCCC(=O)NC1C(O)[C@H](O)C(CO)O[C@H]1O[C@@H]1C(CO)O[C@@H](O[C@@H]2C(CO)O[C@@H](O[C@@H]3C(CO)O[C@@H](O[C@@H]4C(COS(=O)(=O)O)O[C@@H](O)C(NC(C)=O)C4O)C(NC(C)=O)C3O)C(NC(C)=O)C2O)C(NC(C)=O)C1O. The zero-order chi connectivity index (χ0) is 65.9. The van der Waals surface area contributed by atoms with Crippen LogP contribution in [0.5, 0.6) is 0 Å². The topological polar surface area (TPSA) is 515 Å². The summed E-state index contributed by atoms with van der Waals surface area (Å²) in [6.45, 7) is 1.17. The normalized spacial score (nSPS) is 37.7. The predicted molar refractivity (Wildman–Crippen MR) is 299 cm³/mol. The molecule has 5 saturated heterocycles. The van der Waals surface area contributed by atoms with Crippen LogP contribution in [0, 0.1) is 0 Å². The first-order chi connectivity index (χ1) is 42.2. The van der Waals surface area contributed by atoms with Crippen molar-refractivity contribution in [1.82, 2.24) is 26.6 Å². The highest BCUT2D eigenvalue weighted by Crippen LogP contribution is 2.36. The Balaban J connectivity index is 1.32. The second-order valence-electron chi connectivity index (χ2n) is 22.7. The zero-order valence-electron chi connectivity index (χ0n) is 50.3. The molecule has 5 aliphatic rings. The van der Waals surface area contributed by atoms with Crippen molar-refractivity contribution in [3.05, 3.63) is 12.2 Å². The van der Waals surface area contributed by atoms with Gasteiger partial charge in [-0.05, 0) is 32.1 Å². The first-order valence-corrected chi connectivity index (χ1v) is 31.3. The molecule has 5 fully saturated rings. The molecule has 17 N–H and O–H groups in total. The molecular weight excluding hydrogens is 1210 g/mol. The summed E-state index contributed by atoms with van der Waals surface area (Å²) >= 11 is 0. The van der Waals surface area contributed by atoms with Crippen LogP contribution in [0.1, 0.15) is 112 Å². The van der Waals surface area contributed by atoms with E-state index in [1.54, 1.807) is 0 Å². The second kappa shape index (κ2) is 36.6. The summed E-state index contributed by atoms with van der Waals surface area (Å²) in [4.78, 5) is 63.7. The molecular formula is C54H93N5O29S. The Morgan fingerprint density at radius 1 is 0.427 bits per heavy atom. The average molecular weight is 1310 g/mol. The van der Waals surface area contributed by atoms with Crippen molar-refractivity contribution in [2.45, 2.75) is 265 Å². The third-order valence-corrected chi connectivity index (χ3v) is 16.1. The molecule has 15 unspecified atom stereocenters. The molecule has 5 amide bonds. The van der Waals surface area contributed by atoms with Crippen LogP contribution in [-0.2, 0) is 81.2 Å². The number of rotatable bonds is 33. The largest absolute Gasteiger partial charge is 0.397 e. The van der Waals surface area contributed by atoms with Crippen molar-refractivity contribution < 1.29 is 140 Å². The van der Waals surface area contributed by atoms with Crippen molar-refractivity contribution in [2.75, 3.05) is 33.0 Å². The number of hydrogen-bond acceptors (Lipinski definition) is 28. The average Bonchev–Trinajstić information content (AvgIpc) is 0.983. The molecule has 0 bridgehead atoms. The highest BCUT2D eigenvalue weighted by atomic mass is 32.3. The molecule has 0 aliphatic carbocycles. The van der Waals surface area contributed by atoms with Gasteiger partial charge in [-0.1, -0.05) is 57.6 Å². The number of aliphatic hydroxyl groups is 11. The van der Waals surface area contributed by atoms with Crippen LogP contribution in [0.25, 0.3) is 0 Å².